The largest absolute Gasteiger partial charge is 0.332 e. The summed E-state index contributed by atoms with van der Waals surface area (Å²) in [4.78, 5) is 18.7. The Bertz CT molecular complexity index is 897. The van der Waals surface area contributed by atoms with Gasteiger partial charge in [0.05, 0.1) is 23.4 Å². The monoisotopic (exact) mass is 365 g/mol. The molecule has 3 aromatic rings. The van der Waals surface area contributed by atoms with Crippen LogP contribution in [-0.4, -0.2) is 42.9 Å². The van der Waals surface area contributed by atoms with Crippen LogP contribution >= 0.6 is 11.8 Å². The molecule has 0 radical (unpaired) electrons. The third-order valence-electron chi connectivity index (χ3n) is 4.39. The second-order valence-electron chi connectivity index (χ2n) is 6.26. The van der Waals surface area contributed by atoms with Crippen LogP contribution in [0.3, 0.4) is 0 Å². The zero-order chi connectivity index (χ0) is 17.9. The van der Waals surface area contributed by atoms with Crippen LogP contribution in [-0.2, 0) is 11.3 Å². The molecule has 0 aliphatic carbocycles. The molecule has 0 fully saturated rings. The first-order chi connectivity index (χ1) is 12.7. The Labute approximate surface area is 156 Å². The van der Waals surface area contributed by atoms with Crippen LogP contribution in [0.25, 0.3) is 11.4 Å². The molecule has 132 valence electrons. The van der Waals surface area contributed by atoms with E-state index in [1.165, 1.54) is 11.8 Å². The fourth-order valence-corrected chi connectivity index (χ4v) is 3.93. The van der Waals surface area contributed by atoms with Crippen molar-refractivity contribution < 1.29 is 4.79 Å². The van der Waals surface area contributed by atoms with E-state index in [1.807, 2.05) is 53.4 Å². The number of rotatable bonds is 4. The Balaban J connectivity index is 1.48. The van der Waals surface area contributed by atoms with E-state index in [4.69, 9.17) is 0 Å². The van der Waals surface area contributed by atoms with Crippen molar-refractivity contribution in [3.05, 3.63) is 60.6 Å². The van der Waals surface area contributed by atoms with Crippen LogP contribution in [0.15, 0.2) is 59.8 Å². The van der Waals surface area contributed by atoms with Crippen molar-refractivity contribution in [2.24, 2.45) is 0 Å². The third-order valence-corrected chi connectivity index (χ3v) is 5.32. The molecule has 1 atom stereocenters. The van der Waals surface area contributed by atoms with Crippen molar-refractivity contribution in [1.29, 1.82) is 0 Å². The number of carbonyl (C=O) groups excluding carboxylic acids is 1. The fourth-order valence-electron chi connectivity index (χ4n) is 3.16. The van der Waals surface area contributed by atoms with E-state index in [0.29, 0.717) is 18.8 Å². The lowest BCUT2D eigenvalue weighted by Gasteiger charge is -2.32. The molecular formula is C19H19N5OS. The summed E-state index contributed by atoms with van der Waals surface area (Å²) in [6.07, 6.45) is 1.74. The molecule has 6 nitrogen and oxygen atoms in total. The SMILES string of the molecule is C[C@H]1CN(C(=O)CSc2ccccn2)Cc2nnc(-c3ccccc3)n21. The van der Waals surface area contributed by atoms with Crippen LogP contribution in [0.4, 0.5) is 0 Å². The molecule has 4 rings (SSSR count). The molecule has 3 heterocycles. The Morgan fingerprint density at radius 3 is 2.73 bits per heavy atom. The normalized spacial score (nSPS) is 16.3. The topological polar surface area (TPSA) is 63.9 Å². The van der Waals surface area contributed by atoms with Crippen molar-refractivity contribution >= 4 is 17.7 Å². The summed E-state index contributed by atoms with van der Waals surface area (Å²) in [5, 5.41) is 9.56. The van der Waals surface area contributed by atoms with Crippen molar-refractivity contribution in [1.82, 2.24) is 24.6 Å². The molecular weight excluding hydrogens is 346 g/mol. The van der Waals surface area contributed by atoms with Gasteiger partial charge in [-0.15, -0.1) is 10.2 Å². The van der Waals surface area contributed by atoms with E-state index in [9.17, 15) is 4.79 Å². The number of thioether (sulfide) groups is 1. The average Bonchev–Trinajstić information content (AvgIpc) is 3.12. The highest BCUT2D eigenvalue weighted by molar-refractivity contribution is 7.99. The Morgan fingerprint density at radius 2 is 1.96 bits per heavy atom. The van der Waals surface area contributed by atoms with Gasteiger partial charge < -0.3 is 9.47 Å². The van der Waals surface area contributed by atoms with E-state index in [2.05, 4.69) is 26.7 Å². The number of benzene rings is 1. The molecule has 0 N–H and O–H groups in total. The minimum atomic E-state index is 0.100. The Hall–Kier alpha value is -2.67. The molecule has 1 aliphatic rings. The summed E-state index contributed by atoms with van der Waals surface area (Å²) < 4.78 is 2.14. The molecule has 2 aromatic heterocycles. The molecule has 0 saturated carbocycles. The van der Waals surface area contributed by atoms with Crippen molar-refractivity contribution in [2.45, 2.75) is 24.5 Å². The highest BCUT2D eigenvalue weighted by Gasteiger charge is 2.29. The van der Waals surface area contributed by atoms with E-state index in [-0.39, 0.29) is 11.9 Å². The lowest BCUT2D eigenvalue weighted by atomic mass is 10.1. The summed E-state index contributed by atoms with van der Waals surface area (Å²) in [7, 11) is 0. The predicted molar refractivity (Wildman–Crippen MR) is 101 cm³/mol. The van der Waals surface area contributed by atoms with Crippen molar-refractivity contribution in [3.63, 3.8) is 0 Å². The van der Waals surface area contributed by atoms with E-state index >= 15 is 0 Å². The van der Waals surface area contributed by atoms with Crippen molar-refractivity contribution in [3.8, 4) is 11.4 Å². The maximum absolute atomic E-state index is 12.6. The number of fused-ring (bicyclic) bond motifs is 1. The van der Waals surface area contributed by atoms with Gasteiger partial charge in [-0.25, -0.2) is 4.98 Å². The number of carbonyl (C=O) groups is 1. The van der Waals surface area contributed by atoms with Gasteiger partial charge in [0.1, 0.15) is 0 Å². The van der Waals surface area contributed by atoms with Gasteiger partial charge in [-0.3, -0.25) is 4.79 Å². The van der Waals surface area contributed by atoms with Gasteiger partial charge in [-0.2, -0.15) is 0 Å². The molecule has 1 amide bonds. The molecule has 0 unspecified atom stereocenters. The fraction of sp³-hybridized carbons (Fsp3) is 0.263. The lowest BCUT2D eigenvalue weighted by molar-refractivity contribution is -0.130. The highest BCUT2D eigenvalue weighted by Crippen LogP contribution is 2.28. The van der Waals surface area contributed by atoms with Crippen molar-refractivity contribution in [2.75, 3.05) is 12.3 Å². The number of aromatic nitrogens is 4. The van der Waals surface area contributed by atoms with Gasteiger partial charge in [-0.05, 0) is 19.1 Å². The Morgan fingerprint density at radius 1 is 1.15 bits per heavy atom. The second kappa shape index (κ2) is 7.29. The summed E-state index contributed by atoms with van der Waals surface area (Å²) in [5.74, 6) is 2.17. The summed E-state index contributed by atoms with van der Waals surface area (Å²) in [6, 6.07) is 15.9. The molecule has 26 heavy (non-hydrogen) atoms. The molecule has 0 saturated heterocycles. The van der Waals surface area contributed by atoms with Gasteiger partial charge in [0.2, 0.25) is 5.91 Å². The molecule has 0 spiro atoms. The van der Waals surface area contributed by atoms with Crippen LogP contribution < -0.4 is 0 Å². The van der Waals surface area contributed by atoms with Gasteiger partial charge in [0.25, 0.3) is 0 Å². The number of pyridine rings is 1. The first kappa shape index (κ1) is 16.8. The maximum atomic E-state index is 12.6. The van der Waals surface area contributed by atoms with Crippen LogP contribution in [0, 0.1) is 0 Å². The van der Waals surface area contributed by atoms with E-state index in [0.717, 1.165) is 22.2 Å². The summed E-state index contributed by atoms with van der Waals surface area (Å²) >= 11 is 1.46. The van der Waals surface area contributed by atoms with Crippen LogP contribution in [0.1, 0.15) is 18.8 Å². The minimum Gasteiger partial charge on any atom is -0.332 e. The highest BCUT2D eigenvalue weighted by atomic mass is 32.2. The van der Waals surface area contributed by atoms with Gasteiger partial charge in [0, 0.05) is 18.3 Å². The molecule has 0 bridgehead atoms. The second-order valence-corrected chi connectivity index (χ2v) is 7.25. The zero-order valence-corrected chi connectivity index (χ0v) is 15.3. The van der Waals surface area contributed by atoms with Gasteiger partial charge in [0.15, 0.2) is 11.6 Å². The zero-order valence-electron chi connectivity index (χ0n) is 14.4. The molecule has 7 heteroatoms. The maximum Gasteiger partial charge on any atom is 0.233 e. The Kier molecular flexibility index (Phi) is 4.71. The van der Waals surface area contributed by atoms with Gasteiger partial charge in [-0.1, -0.05) is 48.2 Å². The number of nitrogens with zero attached hydrogens (tertiary/aromatic N) is 5. The summed E-state index contributed by atoms with van der Waals surface area (Å²) in [5.41, 5.74) is 1.04. The van der Waals surface area contributed by atoms with E-state index < -0.39 is 0 Å². The first-order valence-electron chi connectivity index (χ1n) is 8.53. The average molecular weight is 365 g/mol. The quantitative estimate of drug-likeness (QED) is 0.665. The number of hydrogen-bond donors (Lipinski definition) is 0. The van der Waals surface area contributed by atoms with E-state index in [1.54, 1.807) is 6.20 Å². The van der Waals surface area contributed by atoms with Crippen LogP contribution in [0.2, 0.25) is 0 Å². The minimum absolute atomic E-state index is 0.100. The predicted octanol–water partition coefficient (Wildman–Crippen LogP) is 3.04. The van der Waals surface area contributed by atoms with Crippen LogP contribution in [0.5, 0.6) is 0 Å². The first-order valence-corrected chi connectivity index (χ1v) is 9.52. The third kappa shape index (κ3) is 3.35. The molecule has 1 aliphatic heterocycles. The molecule has 1 aromatic carbocycles. The van der Waals surface area contributed by atoms with Gasteiger partial charge >= 0.3 is 0 Å². The lowest BCUT2D eigenvalue weighted by Crippen LogP contribution is -2.41. The number of hydrogen-bond acceptors (Lipinski definition) is 5. The smallest absolute Gasteiger partial charge is 0.233 e. The summed E-state index contributed by atoms with van der Waals surface area (Å²) in [6.45, 7) is 3.25. The standard InChI is InChI=1S/C19H19N5OS/c1-14-11-23(18(25)13-26-17-9-5-6-10-20-17)12-16-21-22-19(24(14)16)15-7-3-2-4-8-15/h2-10,14H,11-13H2,1H3/t14-/m0/s1. The number of amides is 1.